The lowest BCUT2D eigenvalue weighted by Crippen LogP contribution is -2.56. The largest absolute Gasteiger partial charge is 0.479 e. The summed E-state index contributed by atoms with van der Waals surface area (Å²) in [5, 5.41) is 14.7. The van der Waals surface area contributed by atoms with Crippen LogP contribution in [0.1, 0.15) is 40.0 Å². The van der Waals surface area contributed by atoms with E-state index in [1.54, 1.807) is 4.90 Å². The molecule has 1 heterocycles. The van der Waals surface area contributed by atoms with E-state index in [0.29, 0.717) is 25.6 Å². The van der Waals surface area contributed by atoms with Crippen LogP contribution < -0.4 is 10.6 Å². The first-order chi connectivity index (χ1) is 11.7. The fourth-order valence-electron chi connectivity index (χ4n) is 2.88. The van der Waals surface area contributed by atoms with Crippen LogP contribution in [-0.4, -0.2) is 66.8 Å². The Balaban J connectivity index is 2.54. The number of carbonyl (C=O) groups is 3. The van der Waals surface area contributed by atoms with Crippen LogP contribution in [0.2, 0.25) is 0 Å². The second-order valence-corrected chi connectivity index (χ2v) is 7.36. The Hall–Kier alpha value is -1.83. The molecule has 144 valence electrons. The summed E-state index contributed by atoms with van der Waals surface area (Å²) in [6, 6.07) is -0.103. The van der Waals surface area contributed by atoms with E-state index in [0.717, 1.165) is 12.8 Å². The minimum absolute atomic E-state index is 0.0270. The zero-order valence-corrected chi connectivity index (χ0v) is 15.6. The number of ether oxygens (including phenoxy) is 1. The molecule has 0 radical (unpaired) electrons. The summed E-state index contributed by atoms with van der Waals surface area (Å²) < 4.78 is 4.90. The molecule has 1 aliphatic rings. The fourth-order valence-corrected chi connectivity index (χ4v) is 2.88. The summed E-state index contributed by atoms with van der Waals surface area (Å²) in [4.78, 5) is 37.5. The summed E-state index contributed by atoms with van der Waals surface area (Å²) in [6.07, 6.45) is 1.87. The van der Waals surface area contributed by atoms with Crippen molar-refractivity contribution in [3.05, 3.63) is 0 Å². The average Bonchev–Trinajstić information content (AvgIpc) is 2.52. The highest BCUT2D eigenvalue weighted by Gasteiger charge is 2.36. The summed E-state index contributed by atoms with van der Waals surface area (Å²) in [6.45, 7) is 7.18. The van der Waals surface area contributed by atoms with Gasteiger partial charge in [0, 0.05) is 33.2 Å². The maximum absolute atomic E-state index is 12.2. The molecule has 8 nitrogen and oxygen atoms in total. The number of methoxy groups -OCH3 is 1. The molecular formula is C17H31N3O5. The van der Waals surface area contributed by atoms with E-state index in [1.807, 2.05) is 13.8 Å². The molecule has 1 aliphatic heterocycles. The Morgan fingerprint density at radius 2 is 2.04 bits per heavy atom. The van der Waals surface area contributed by atoms with Crippen LogP contribution in [0.3, 0.4) is 0 Å². The number of aliphatic carboxylic acids is 1. The summed E-state index contributed by atoms with van der Waals surface area (Å²) in [7, 11) is 1.39. The Morgan fingerprint density at radius 3 is 2.60 bits per heavy atom. The number of carboxylic acids is 1. The maximum atomic E-state index is 12.2. The van der Waals surface area contributed by atoms with E-state index in [4.69, 9.17) is 4.74 Å². The Bertz CT molecular complexity index is 483. The van der Waals surface area contributed by atoms with Crippen molar-refractivity contribution in [3.63, 3.8) is 0 Å². The van der Waals surface area contributed by atoms with Crippen molar-refractivity contribution in [3.8, 4) is 0 Å². The molecule has 1 saturated heterocycles. The number of carboxylic acid groups (broad SMARTS) is 1. The lowest BCUT2D eigenvalue weighted by molar-refractivity contribution is -0.149. The molecule has 2 unspecified atom stereocenters. The molecule has 0 aliphatic carbocycles. The number of hydrogen-bond donors (Lipinski definition) is 3. The van der Waals surface area contributed by atoms with E-state index in [1.165, 1.54) is 14.0 Å². The molecule has 25 heavy (non-hydrogen) atoms. The third-order valence-corrected chi connectivity index (χ3v) is 4.26. The zero-order chi connectivity index (χ0) is 19.0. The Kier molecular flexibility index (Phi) is 8.15. The van der Waals surface area contributed by atoms with Gasteiger partial charge in [0.25, 0.3) is 0 Å². The highest BCUT2D eigenvalue weighted by atomic mass is 16.5. The van der Waals surface area contributed by atoms with Gasteiger partial charge in [-0.3, -0.25) is 4.79 Å². The standard InChI is InChI=1S/C17H31N3O5/c1-12(2)9-18-16(24)20-7-5-6-13(10-20)8-14(21)19-17(3,11-25-4)15(22)23/h12-13H,5-11H2,1-4H3,(H,18,24)(H,19,21)(H,22,23). The van der Waals surface area contributed by atoms with Gasteiger partial charge in [-0.15, -0.1) is 0 Å². The molecule has 1 fully saturated rings. The van der Waals surface area contributed by atoms with Gasteiger partial charge >= 0.3 is 12.0 Å². The van der Waals surface area contributed by atoms with Crippen LogP contribution in [-0.2, 0) is 14.3 Å². The number of hydrogen-bond acceptors (Lipinski definition) is 4. The maximum Gasteiger partial charge on any atom is 0.331 e. The van der Waals surface area contributed by atoms with Gasteiger partial charge in [-0.1, -0.05) is 13.8 Å². The molecule has 8 heteroatoms. The number of urea groups is 1. The van der Waals surface area contributed by atoms with E-state index < -0.39 is 11.5 Å². The molecule has 0 aromatic carbocycles. The fraction of sp³-hybridized carbons (Fsp3) is 0.824. The van der Waals surface area contributed by atoms with E-state index in [9.17, 15) is 19.5 Å². The van der Waals surface area contributed by atoms with Gasteiger partial charge in [-0.2, -0.15) is 0 Å². The number of amides is 3. The van der Waals surface area contributed by atoms with Crippen molar-refractivity contribution in [2.75, 3.05) is 33.4 Å². The molecule has 0 saturated carbocycles. The lowest BCUT2D eigenvalue weighted by atomic mass is 9.93. The molecule has 3 amide bonds. The van der Waals surface area contributed by atoms with Crippen LogP contribution >= 0.6 is 0 Å². The summed E-state index contributed by atoms with van der Waals surface area (Å²) in [5.74, 6) is -1.07. The molecule has 0 spiro atoms. The molecule has 0 bridgehead atoms. The van der Waals surface area contributed by atoms with E-state index in [2.05, 4.69) is 10.6 Å². The van der Waals surface area contributed by atoms with Crippen molar-refractivity contribution < 1.29 is 24.2 Å². The van der Waals surface area contributed by atoms with Crippen LogP contribution in [0.5, 0.6) is 0 Å². The molecule has 3 N–H and O–H groups in total. The van der Waals surface area contributed by atoms with Crippen molar-refractivity contribution >= 4 is 17.9 Å². The monoisotopic (exact) mass is 357 g/mol. The lowest BCUT2D eigenvalue weighted by Gasteiger charge is -2.33. The SMILES string of the molecule is COCC(C)(NC(=O)CC1CCCN(C(=O)NCC(C)C)C1)C(=O)O. The van der Waals surface area contributed by atoms with Crippen molar-refractivity contribution in [2.24, 2.45) is 11.8 Å². The third kappa shape index (κ3) is 6.89. The quantitative estimate of drug-likeness (QED) is 0.602. The smallest absolute Gasteiger partial charge is 0.331 e. The number of likely N-dealkylation sites (tertiary alicyclic amines) is 1. The minimum Gasteiger partial charge on any atom is -0.479 e. The minimum atomic E-state index is -1.45. The second kappa shape index (κ2) is 9.60. The Morgan fingerprint density at radius 1 is 1.36 bits per heavy atom. The normalized spacial score (nSPS) is 20.0. The van der Waals surface area contributed by atoms with Crippen molar-refractivity contribution in [1.29, 1.82) is 0 Å². The van der Waals surface area contributed by atoms with E-state index in [-0.39, 0.29) is 30.9 Å². The van der Waals surface area contributed by atoms with Crippen LogP contribution in [0.25, 0.3) is 0 Å². The number of nitrogens with one attached hydrogen (secondary N) is 2. The summed E-state index contributed by atoms with van der Waals surface area (Å²) in [5.41, 5.74) is -1.45. The number of carbonyl (C=O) groups excluding carboxylic acids is 2. The topological polar surface area (TPSA) is 108 Å². The first-order valence-corrected chi connectivity index (χ1v) is 8.74. The number of rotatable bonds is 8. The van der Waals surface area contributed by atoms with Crippen molar-refractivity contribution in [1.82, 2.24) is 15.5 Å². The van der Waals surface area contributed by atoms with Gasteiger partial charge in [0.15, 0.2) is 5.54 Å². The van der Waals surface area contributed by atoms with Crippen molar-refractivity contribution in [2.45, 2.75) is 45.6 Å². The number of piperidine rings is 1. The van der Waals surface area contributed by atoms with Gasteiger partial charge in [-0.05, 0) is 31.6 Å². The number of nitrogens with zero attached hydrogens (tertiary/aromatic N) is 1. The highest BCUT2D eigenvalue weighted by molar-refractivity contribution is 5.87. The molecule has 2 atom stereocenters. The van der Waals surface area contributed by atoms with Gasteiger partial charge < -0.3 is 25.4 Å². The Labute approximate surface area is 149 Å². The predicted octanol–water partition coefficient (Wildman–Crippen LogP) is 1.06. The first-order valence-electron chi connectivity index (χ1n) is 8.74. The van der Waals surface area contributed by atoms with Crippen LogP contribution in [0.4, 0.5) is 4.79 Å². The van der Waals surface area contributed by atoms with E-state index >= 15 is 0 Å². The average molecular weight is 357 g/mol. The molecular weight excluding hydrogens is 326 g/mol. The highest BCUT2D eigenvalue weighted by Crippen LogP contribution is 2.20. The molecule has 0 aromatic heterocycles. The predicted molar refractivity (Wildman–Crippen MR) is 93.2 cm³/mol. The van der Waals surface area contributed by atoms with Gasteiger partial charge in [0.1, 0.15) is 0 Å². The third-order valence-electron chi connectivity index (χ3n) is 4.26. The zero-order valence-electron chi connectivity index (χ0n) is 15.6. The van der Waals surface area contributed by atoms with Crippen LogP contribution in [0.15, 0.2) is 0 Å². The first kappa shape index (κ1) is 21.2. The molecule has 0 aromatic rings. The molecule has 1 rings (SSSR count). The van der Waals surface area contributed by atoms with Crippen LogP contribution in [0, 0.1) is 11.8 Å². The van der Waals surface area contributed by atoms with Gasteiger partial charge in [-0.25, -0.2) is 9.59 Å². The van der Waals surface area contributed by atoms with Gasteiger partial charge in [0.05, 0.1) is 6.61 Å². The summed E-state index contributed by atoms with van der Waals surface area (Å²) >= 11 is 0. The van der Waals surface area contributed by atoms with Gasteiger partial charge in [0.2, 0.25) is 5.91 Å². The second-order valence-electron chi connectivity index (χ2n) is 7.36.